The second kappa shape index (κ2) is 6.20. The maximum Gasteiger partial charge on any atom is 0.244 e. The van der Waals surface area contributed by atoms with Gasteiger partial charge in [-0.1, -0.05) is 24.3 Å². The van der Waals surface area contributed by atoms with Gasteiger partial charge in [-0.15, -0.1) is 0 Å². The molecule has 22 heavy (non-hydrogen) atoms. The molecule has 0 bridgehead atoms. The summed E-state index contributed by atoms with van der Waals surface area (Å²) in [5, 5.41) is 13.4. The average molecular weight is 297 g/mol. The molecule has 4 heteroatoms. The van der Waals surface area contributed by atoms with Crippen LogP contribution in [0.4, 0.5) is 0 Å². The molecule has 1 unspecified atom stereocenters. The molecule has 0 fully saturated rings. The van der Waals surface area contributed by atoms with E-state index in [-0.39, 0.29) is 12.5 Å². The third-order valence-corrected chi connectivity index (χ3v) is 4.03. The average Bonchev–Trinajstić information content (AvgIpc) is 3.04. The molecule has 1 aromatic carbocycles. The van der Waals surface area contributed by atoms with Gasteiger partial charge in [-0.3, -0.25) is 4.79 Å². The lowest BCUT2D eigenvalue weighted by Gasteiger charge is -2.33. The van der Waals surface area contributed by atoms with Crippen molar-refractivity contribution in [3.05, 3.63) is 65.6 Å². The zero-order valence-corrected chi connectivity index (χ0v) is 12.3. The Labute approximate surface area is 129 Å². The van der Waals surface area contributed by atoms with Gasteiger partial charge in [-0.2, -0.15) is 0 Å². The molecular formula is C18H19NO3. The summed E-state index contributed by atoms with van der Waals surface area (Å²) in [5.41, 5.74) is 1.58. The Balaban J connectivity index is 1.56. The molecule has 114 valence electrons. The summed E-state index contributed by atoms with van der Waals surface area (Å²) in [6.45, 7) is 0.253. The summed E-state index contributed by atoms with van der Waals surface area (Å²) in [5.74, 6) is 0.393. The summed E-state index contributed by atoms with van der Waals surface area (Å²) < 4.78 is 5.12. The minimum absolute atomic E-state index is 0.233. The minimum atomic E-state index is -0.872. The lowest BCUT2D eigenvalue weighted by atomic mass is 9.80. The molecule has 0 radical (unpaired) electrons. The predicted octanol–water partition coefficient (Wildman–Crippen LogP) is 2.33. The smallest absolute Gasteiger partial charge is 0.244 e. The van der Waals surface area contributed by atoms with Crippen LogP contribution in [-0.4, -0.2) is 23.2 Å². The molecule has 3 rings (SSSR count). The van der Waals surface area contributed by atoms with Crippen molar-refractivity contribution in [3.8, 4) is 0 Å². The van der Waals surface area contributed by atoms with Crippen LogP contribution in [0.25, 0.3) is 6.08 Å². The highest BCUT2D eigenvalue weighted by Gasteiger charge is 2.31. The van der Waals surface area contributed by atoms with E-state index in [1.54, 1.807) is 24.5 Å². The molecule has 2 N–H and O–H groups in total. The summed E-state index contributed by atoms with van der Waals surface area (Å²) in [7, 11) is 0. The van der Waals surface area contributed by atoms with Crippen molar-refractivity contribution < 1.29 is 14.3 Å². The molecule has 1 heterocycles. The monoisotopic (exact) mass is 297 g/mol. The first-order valence-corrected chi connectivity index (χ1v) is 7.43. The van der Waals surface area contributed by atoms with Crippen molar-refractivity contribution in [1.82, 2.24) is 5.32 Å². The number of hydrogen-bond acceptors (Lipinski definition) is 3. The largest absolute Gasteiger partial charge is 0.465 e. The van der Waals surface area contributed by atoms with Gasteiger partial charge in [0.25, 0.3) is 0 Å². The SMILES string of the molecule is O=C(/C=C/c1ccco1)NCC1(O)CCc2ccccc2C1. The number of carbonyl (C=O) groups excluding carboxylic acids is 1. The molecule has 0 saturated carbocycles. The fourth-order valence-corrected chi connectivity index (χ4v) is 2.79. The summed E-state index contributed by atoms with van der Waals surface area (Å²) in [6.07, 6.45) is 6.65. The first-order chi connectivity index (χ1) is 10.6. The topological polar surface area (TPSA) is 62.5 Å². The van der Waals surface area contributed by atoms with Crippen LogP contribution in [0.15, 0.2) is 53.2 Å². The number of nitrogens with one attached hydrogen (secondary N) is 1. The molecular weight excluding hydrogens is 278 g/mol. The van der Waals surface area contributed by atoms with E-state index in [0.717, 1.165) is 12.0 Å². The first-order valence-electron chi connectivity index (χ1n) is 7.43. The zero-order valence-electron chi connectivity index (χ0n) is 12.3. The number of hydrogen-bond donors (Lipinski definition) is 2. The van der Waals surface area contributed by atoms with Crippen molar-refractivity contribution in [1.29, 1.82) is 0 Å². The van der Waals surface area contributed by atoms with Gasteiger partial charge in [0.2, 0.25) is 5.91 Å². The van der Waals surface area contributed by atoms with Gasteiger partial charge in [-0.05, 0) is 42.2 Å². The Hall–Kier alpha value is -2.33. The highest BCUT2D eigenvalue weighted by Crippen LogP contribution is 2.28. The normalized spacial score (nSPS) is 20.8. The van der Waals surface area contributed by atoms with Crippen LogP contribution in [0.1, 0.15) is 23.3 Å². The molecule has 0 saturated heterocycles. The minimum Gasteiger partial charge on any atom is -0.465 e. The maximum atomic E-state index is 11.8. The van der Waals surface area contributed by atoms with Crippen LogP contribution in [0, 0.1) is 0 Å². The first kappa shape index (κ1) is 14.6. The third-order valence-electron chi connectivity index (χ3n) is 4.03. The highest BCUT2D eigenvalue weighted by atomic mass is 16.3. The van der Waals surface area contributed by atoms with E-state index in [2.05, 4.69) is 11.4 Å². The molecule has 1 aliphatic carbocycles. The molecule has 1 amide bonds. The fraction of sp³-hybridized carbons (Fsp3) is 0.278. The number of furan rings is 1. The van der Waals surface area contributed by atoms with Crippen molar-refractivity contribution in [2.24, 2.45) is 0 Å². The van der Waals surface area contributed by atoms with Gasteiger partial charge in [0, 0.05) is 19.0 Å². The van der Waals surface area contributed by atoms with Crippen LogP contribution in [-0.2, 0) is 17.6 Å². The van der Waals surface area contributed by atoms with Gasteiger partial charge in [-0.25, -0.2) is 0 Å². The van der Waals surface area contributed by atoms with E-state index in [1.807, 2.05) is 18.2 Å². The van der Waals surface area contributed by atoms with Crippen LogP contribution >= 0.6 is 0 Å². The van der Waals surface area contributed by atoms with E-state index in [0.29, 0.717) is 18.6 Å². The van der Waals surface area contributed by atoms with Crippen molar-refractivity contribution in [2.75, 3.05) is 6.54 Å². The van der Waals surface area contributed by atoms with Crippen LogP contribution in [0.3, 0.4) is 0 Å². The molecule has 1 aliphatic rings. The van der Waals surface area contributed by atoms with E-state index < -0.39 is 5.60 Å². The molecule has 1 atom stereocenters. The summed E-state index contributed by atoms with van der Waals surface area (Å²) in [6, 6.07) is 11.7. The number of amides is 1. The van der Waals surface area contributed by atoms with E-state index in [9.17, 15) is 9.90 Å². The molecule has 0 aliphatic heterocycles. The molecule has 4 nitrogen and oxygen atoms in total. The standard InChI is InChI=1S/C18H19NO3/c20-17(8-7-16-6-3-11-22-16)19-13-18(21)10-9-14-4-1-2-5-15(14)12-18/h1-8,11,21H,9-10,12-13H2,(H,19,20)/b8-7+. The van der Waals surface area contributed by atoms with E-state index in [4.69, 9.17) is 4.42 Å². The van der Waals surface area contributed by atoms with Gasteiger partial charge in [0.1, 0.15) is 5.76 Å². The Morgan fingerprint density at radius 3 is 2.86 bits per heavy atom. The van der Waals surface area contributed by atoms with Gasteiger partial charge in [0.05, 0.1) is 11.9 Å². The molecule has 0 spiro atoms. The number of benzene rings is 1. The van der Waals surface area contributed by atoms with Crippen LogP contribution in [0.2, 0.25) is 0 Å². The third kappa shape index (κ3) is 3.46. The lowest BCUT2D eigenvalue weighted by Crippen LogP contribution is -2.46. The Kier molecular flexibility index (Phi) is 4.11. The predicted molar refractivity (Wildman–Crippen MR) is 84.2 cm³/mol. The van der Waals surface area contributed by atoms with E-state index >= 15 is 0 Å². The van der Waals surface area contributed by atoms with Crippen molar-refractivity contribution in [3.63, 3.8) is 0 Å². The van der Waals surface area contributed by atoms with Gasteiger partial charge in [0.15, 0.2) is 0 Å². The molecule has 1 aromatic heterocycles. The van der Waals surface area contributed by atoms with Gasteiger partial charge < -0.3 is 14.8 Å². The summed E-state index contributed by atoms with van der Waals surface area (Å²) in [4.78, 5) is 11.8. The summed E-state index contributed by atoms with van der Waals surface area (Å²) >= 11 is 0. The lowest BCUT2D eigenvalue weighted by molar-refractivity contribution is -0.117. The quantitative estimate of drug-likeness (QED) is 0.851. The number of aliphatic hydroxyl groups is 1. The van der Waals surface area contributed by atoms with Gasteiger partial charge >= 0.3 is 0 Å². The zero-order chi connectivity index (χ0) is 15.4. The number of carbonyl (C=O) groups is 1. The Bertz CT molecular complexity index is 675. The van der Waals surface area contributed by atoms with Crippen LogP contribution < -0.4 is 5.32 Å². The number of fused-ring (bicyclic) bond motifs is 1. The maximum absolute atomic E-state index is 11.8. The van der Waals surface area contributed by atoms with E-state index in [1.165, 1.54) is 11.6 Å². The Morgan fingerprint density at radius 2 is 2.09 bits per heavy atom. The number of rotatable bonds is 4. The number of aryl methyl sites for hydroxylation is 1. The van der Waals surface area contributed by atoms with Crippen LogP contribution in [0.5, 0.6) is 0 Å². The Morgan fingerprint density at radius 1 is 1.27 bits per heavy atom. The van der Waals surface area contributed by atoms with Crippen molar-refractivity contribution in [2.45, 2.75) is 24.9 Å². The second-order valence-electron chi connectivity index (χ2n) is 5.74. The fourth-order valence-electron chi connectivity index (χ4n) is 2.79. The van der Waals surface area contributed by atoms with Crippen molar-refractivity contribution >= 4 is 12.0 Å². The second-order valence-corrected chi connectivity index (χ2v) is 5.74. The molecule has 2 aromatic rings. The highest BCUT2D eigenvalue weighted by molar-refractivity contribution is 5.91.